The van der Waals surface area contributed by atoms with Crippen molar-refractivity contribution >= 4 is 17.5 Å². The highest BCUT2D eigenvalue weighted by Crippen LogP contribution is 2.76. The molecule has 0 amide bonds. The van der Waals surface area contributed by atoms with Crippen LogP contribution in [0, 0.1) is 44.8 Å². The average molecular weight is 1860 g/mol. The molecule has 27 unspecified atom stereocenters. The first-order chi connectivity index (χ1) is 60.9. The predicted molar refractivity (Wildman–Crippen MR) is 433 cm³/mol. The molecular formula is C88H142O41. The van der Waals surface area contributed by atoms with Crippen LogP contribution in [0.2, 0.25) is 0 Å². The summed E-state index contributed by atoms with van der Waals surface area (Å²) in [4.78, 5) is 42.5. The molecular weight excluding hydrogens is 1710 g/mol. The summed E-state index contributed by atoms with van der Waals surface area (Å²) in [5, 5.41) is 227. The molecule has 0 aromatic rings. The van der Waals surface area contributed by atoms with Crippen molar-refractivity contribution in [1.29, 1.82) is 0 Å². The van der Waals surface area contributed by atoms with Crippen LogP contribution in [-0.2, 0) is 99.6 Å². The van der Waals surface area contributed by atoms with Crippen molar-refractivity contribution < 1.29 is 202 Å². The molecule has 41 heteroatoms. The van der Waals surface area contributed by atoms with Crippen molar-refractivity contribution in [2.45, 2.75) is 442 Å². The van der Waals surface area contributed by atoms with Crippen molar-refractivity contribution in [2.75, 3.05) is 33.5 Å². The summed E-state index contributed by atoms with van der Waals surface area (Å²) in [6.45, 7) is 14.1. The number of ketones is 2. The Labute approximate surface area is 748 Å². The van der Waals surface area contributed by atoms with Crippen LogP contribution in [-0.4, -0.2) is 405 Å². The largest absolute Gasteiger partial charge is 0.432 e. The fourth-order valence-electron chi connectivity index (χ4n) is 23.8. The smallest absolute Gasteiger partial charge is 0.317 e. The second-order valence-electron chi connectivity index (χ2n) is 40.6. The minimum absolute atomic E-state index is 0.0425. The average Bonchev–Trinajstić information content (AvgIpc) is 1.38. The van der Waals surface area contributed by atoms with Gasteiger partial charge in [0.15, 0.2) is 62.2 Å². The number of fused-ring (bicyclic) bond motifs is 8. The van der Waals surface area contributed by atoms with Crippen LogP contribution in [0.1, 0.15) is 191 Å². The highest BCUT2D eigenvalue weighted by molar-refractivity contribution is 5.84. The van der Waals surface area contributed by atoms with Crippen molar-refractivity contribution in [3.8, 4) is 0 Å². The molecule has 14 aliphatic rings. The monoisotopic (exact) mass is 1850 g/mol. The van der Waals surface area contributed by atoms with Crippen LogP contribution in [0.15, 0.2) is 11.6 Å². The lowest BCUT2D eigenvalue weighted by Gasteiger charge is -2.71. The fourth-order valence-corrected chi connectivity index (χ4v) is 23.8. The number of aliphatic hydroxyl groups excluding tert-OH is 20. The number of epoxide rings is 1. The van der Waals surface area contributed by atoms with Crippen molar-refractivity contribution in [2.24, 2.45) is 44.8 Å². The summed E-state index contributed by atoms with van der Waals surface area (Å²) < 4.78 is 112. The van der Waals surface area contributed by atoms with E-state index >= 15 is 4.79 Å². The maximum atomic E-state index is 16.2. The topological polar surface area (TPSA) is 625 Å². The van der Waals surface area contributed by atoms with Gasteiger partial charge in [-0.2, -0.15) is 0 Å². The van der Waals surface area contributed by atoms with Crippen LogP contribution in [0.25, 0.3) is 0 Å². The Morgan fingerprint density at radius 2 is 0.953 bits per heavy atom. The van der Waals surface area contributed by atoms with Gasteiger partial charge in [-0.15, -0.1) is 0 Å². The van der Waals surface area contributed by atoms with Gasteiger partial charge < -0.3 is 192 Å². The third kappa shape index (κ3) is 19.6. The molecule has 20 N–H and O–H groups in total. The molecule has 0 radical (unpaired) electrons. The van der Waals surface area contributed by atoms with Gasteiger partial charge in [-0.05, 0) is 138 Å². The van der Waals surface area contributed by atoms with Crippen molar-refractivity contribution in [1.82, 2.24) is 0 Å². The summed E-state index contributed by atoms with van der Waals surface area (Å²) >= 11 is 0. The highest BCUT2D eigenvalue weighted by Gasteiger charge is 2.74. The molecule has 129 heavy (non-hydrogen) atoms. The van der Waals surface area contributed by atoms with E-state index < -0.39 is 323 Å². The molecule has 9 saturated heterocycles. The molecule has 41 nitrogen and oxygen atoms in total. The zero-order chi connectivity index (χ0) is 93.5. The summed E-state index contributed by atoms with van der Waals surface area (Å²) in [5.74, 6) is -2.53. The van der Waals surface area contributed by atoms with Crippen LogP contribution in [0.3, 0.4) is 0 Å². The number of rotatable bonds is 32. The molecule has 14 rings (SSSR count). The Hall–Kier alpha value is -2.93. The van der Waals surface area contributed by atoms with E-state index in [4.69, 9.17) is 85.3 Å². The molecule has 9 heterocycles. The van der Waals surface area contributed by atoms with Gasteiger partial charge in [-0.3, -0.25) is 9.59 Å². The molecule has 48 atom stereocenters. The van der Waals surface area contributed by atoms with E-state index in [0.717, 1.165) is 50.5 Å². The summed E-state index contributed by atoms with van der Waals surface area (Å²) in [6.07, 6.45) is -56.4. The van der Waals surface area contributed by atoms with Crippen LogP contribution in [0.4, 0.5) is 0 Å². The van der Waals surface area contributed by atoms with E-state index in [-0.39, 0.29) is 43.3 Å². The van der Waals surface area contributed by atoms with Crippen molar-refractivity contribution in [3.05, 3.63) is 11.6 Å². The maximum Gasteiger partial charge on any atom is 0.317 e. The number of allylic oxidation sites excluding steroid dienone is 2. The van der Waals surface area contributed by atoms with E-state index in [1.54, 1.807) is 14.0 Å². The quantitative estimate of drug-likeness (QED) is 0.0102. The Balaban J connectivity index is 0.720. The van der Waals surface area contributed by atoms with Crippen LogP contribution >= 0.6 is 0 Å². The number of Topliss-reactive ketones (excluding diaryl/α,β-unsaturated/α-hetero) is 2. The number of carbonyl (C=O) groups excluding carboxylic acids is 3. The number of methoxy groups -OCH3 is 1. The van der Waals surface area contributed by atoms with Gasteiger partial charge in [0.2, 0.25) is 6.29 Å². The van der Waals surface area contributed by atoms with Gasteiger partial charge in [-0.1, -0.05) is 91.2 Å². The first-order valence-electron chi connectivity index (χ1n) is 46.3. The number of carbonyl (C=O) groups is 3. The van der Waals surface area contributed by atoms with E-state index in [2.05, 4.69) is 40.7 Å². The molecule has 0 aromatic heterocycles. The van der Waals surface area contributed by atoms with E-state index in [1.807, 2.05) is 6.92 Å². The van der Waals surface area contributed by atoms with E-state index in [0.29, 0.717) is 57.8 Å². The Bertz CT molecular complexity index is 3760. The summed E-state index contributed by atoms with van der Waals surface area (Å²) in [5.41, 5.74) is -4.57. The lowest BCUT2D eigenvalue weighted by atomic mass is 9.34. The summed E-state index contributed by atoms with van der Waals surface area (Å²) in [6, 6.07) is 0. The normalized spacial score (nSPS) is 51.5. The number of esters is 1. The molecule has 0 aromatic carbocycles. The molecule has 0 bridgehead atoms. The number of hydrogen-bond donors (Lipinski definition) is 20. The molecule has 740 valence electrons. The third-order valence-electron chi connectivity index (χ3n) is 31.9. The van der Waals surface area contributed by atoms with Crippen LogP contribution in [0.5, 0.6) is 0 Å². The number of ether oxygens (including phenoxy) is 18. The number of aliphatic hydroxyl groups is 20. The van der Waals surface area contributed by atoms with Gasteiger partial charge in [-0.25, -0.2) is 0 Å². The summed E-state index contributed by atoms with van der Waals surface area (Å²) in [7, 11) is 1.56. The van der Waals surface area contributed by atoms with Gasteiger partial charge >= 0.3 is 5.97 Å². The number of unbranched alkanes of at least 4 members (excludes halogenated alkanes) is 8. The minimum Gasteiger partial charge on any atom is -0.432 e. The highest BCUT2D eigenvalue weighted by atomic mass is 16.9. The fraction of sp³-hybridized carbons (Fsp3) is 0.943. The predicted octanol–water partition coefficient (Wildman–Crippen LogP) is -3.60. The van der Waals surface area contributed by atoms with Crippen LogP contribution < -0.4 is 0 Å². The Morgan fingerprint density at radius 1 is 0.434 bits per heavy atom. The zero-order valence-electron chi connectivity index (χ0n) is 74.9. The van der Waals surface area contributed by atoms with Crippen molar-refractivity contribution in [3.63, 3.8) is 0 Å². The Kier molecular flexibility index (Phi) is 32.3. The lowest BCUT2D eigenvalue weighted by Crippen LogP contribution is -2.70. The lowest BCUT2D eigenvalue weighted by molar-refractivity contribution is -0.399. The zero-order valence-corrected chi connectivity index (χ0v) is 74.9. The third-order valence-corrected chi connectivity index (χ3v) is 31.9. The standard InChI is InChI=1S/C88H142O41/c1-36(91)20-18-16-14-12-11-13-15-17-19-21-41(92)66-62(108)68(123-76-61(107)57(103)71-80(126-71)128-76)72(127-75-60(106)55(101)53(99)44(32-89)117-75)81(121-66)119-49-25-26-84(6)46-23-22-39-40-30-83(4,5)28-29-88(40,48(95)31-86(39,8)85(46,7)27-24-47(84)87(49,9)112-10)82(111)129-79-70(56(102)50(96)37(2)115-79)125-77-64(110)69(65(38(3)116-77)120-73-58(104)51(97)42(93)34-113-73)124-78-63(109)67(54(100)45(33-90)118-78)122-74-59(105)52(98)43(94)35-114-74/h22,37-38,40,42-81,89-90,93-110H,11-21,23-35H2,1-10H3/t37?,38?,40?,42-,43-,44?,45?,46?,47-,48+,49+,50+,51+,52+,53?,54-,55?,56+,57?,58?,59?,60?,61?,62-,63?,64+,65+,66?,67+,68+,69?,70?,71?,72?,73+,74+,75?,76?,77?,78+,79+,80?,81-,84?,85?,86-,87?,88?/m1/s1. The van der Waals surface area contributed by atoms with E-state index in [9.17, 15) is 112 Å². The second-order valence-corrected chi connectivity index (χ2v) is 40.6. The molecule has 9 aliphatic heterocycles. The van der Waals surface area contributed by atoms with Gasteiger partial charge in [0, 0.05) is 20.0 Å². The molecule has 13 fully saturated rings. The number of hydrogen-bond acceptors (Lipinski definition) is 41. The Morgan fingerprint density at radius 3 is 1.57 bits per heavy atom. The first kappa shape index (κ1) is 102. The second kappa shape index (κ2) is 40.9. The van der Waals surface area contributed by atoms with Gasteiger partial charge in [0.1, 0.15) is 170 Å². The molecule has 5 aliphatic carbocycles. The minimum atomic E-state index is -2.21. The van der Waals surface area contributed by atoms with Gasteiger partial charge in [0.05, 0.1) is 56.4 Å². The van der Waals surface area contributed by atoms with Gasteiger partial charge in [0.25, 0.3) is 0 Å². The van der Waals surface area contributed by atoms with E-state index in [1.165, 1.54) is 13.8 Å². The molecule has 0 spiro atoms. The molecule has 4 saturated carbocycles. The SMILES string of the molecule is COC1(C)[C@@H](O[C@@H]2OC(C(=O)CCCCCCCCCCCC(C)=O)[C@@H](O)[C@H](OC3OC4OC4C(O)C3O)C2OC2OC(CO)C(O)C(O)C2O)CCC2(C)C3CC=C4C5CC(C)(C)CCC5(C(=O)O[C@@H]5OC(C)[C@H](O)[C@H](O)C5OC5OC(C)[C@H](O[C@@H]6OC[C@@H](O)[C@H](O)C6O)C(O[C@@H]6OC(CO)[C@@H](O)[C@H](O[C@@H]7OC[C@@H](O)[C@H](O)C7O)C6O)[C@@H]5O)[C@@H](O)C[C@@]4(C)C3(C)CC[C@H]21. The maximum absolute atomic E-state index is 16.2. The first-order valence-corrected chi connectivity index (χ1v) is 46.3.